The molecule has 3 nitrogen and oxygen atoms in total. The summed E-state index contributed by atoms with van der Waals surface area (Å²) >= 11 is 0. The molecule has 3 heteroatoms. The molecule has 0 aromatic rings. The Labute approximate surface area is 71.3 Å². The fourth-order valence-electron chi connectivity index (χ4n) is 1.21. The van der Waals surface area contributed by atoms with Crippen molar-refractivity contribution in [3.63, 3.8) is 0 Å². The summed E-state index contributed by atoms with van der Waals surface area (Å²) in [6, 6.07) is 0. The number of carbonyl (C=O) groups is 1. The Morgan fingerprint density at radius 1 is 1.50 bits per heavy atom. The number of carbonyl (C=O) groups excluding carboxylic acids is 1. The first-order valence-electron chi connectivity index (χ1n) is 3.86. The molecule has 1 unspecified atom stereocenters. The summed E-state index contributed by atoms with van der Waals surface area (Å²) in [7, 11) is 0. The maximum absolute atomic E-state index is 11.4. The number of hydrogen-bond donors (Lipinski definition) is 1. The molecule has 1 aliphatic rings. The molecule has 0 aromatic carbocycles. The van der Waals surface area contributed by atoms with Crippen molar-refractivity contribution < 1.29 is 14.9 Å². The normalized spacial score (nSPS) is 28.5. The predicted molar refractivity (Wildman–Crippen MR) is 44.6 cm³/mol. The van der Waals surface area contributed by atoms with E-state index >= 15 is 0 Å². The minimum atomic E-state index is -1.17. The van der Waals surface area contributed by atoms with Gasteiger partial charge >= 0.3 is 0 Å². The largest absolute Gasteiger partial charge is 0.291 e. The lowest BCUT2D eigenvalue weighted by Crippen LogP contribution is -2.44. The molecule has 0 aromatic heterocycles. The summed E-state index contributed by atoms with van der Waals surface area (Å²) in [5, 5.41) is 8.68. The highest BCUT2D eigenvalue weighted by molar-refractivity contribution is 6.00. The zero-order valence-corrected chi connectivity index (χ0v) is 7.15. The second-order valence-corrected chi connectivity index (χ2v) is 3.12. The standard InChI is InChI=1S/C9H12O3/c1-7(2)9(12-11)6-4-3-5-8(9)10/h3-7,11H,1-2H3. The van der Waals surface area contributed by atoms with Crippen molar-refractivity contribution in [1.29, 1.82) is 0 Å². The first-order valence-corrected chi connectivity index (χ1v) is 3.86. The molecule has 1 atom stereocenters. The van der Waals surface area contributed by atoms with E-state index in [9.17, 15) is 4.79 Å². The van der Waals surface area contributed by atoms with Gasteiger partial charge in [-0.2, -0.15) is 0 Å². The molecule has 0 spiro atoms. The average Bonchev–Trinajstić information content (AvgIpc) is 2.05. The first-order chi connectivity index (χ1) is 5.63. The molecule has 0 fully saturated rings. The Morgan fingerprint density at radius 2 is 2.17 bits per heavy atom. The van der Waals surface area contributed by atoms with Gasteiger partial charge in [-0.25, -0.2) is 4.89 Å². The van der Waals surface area contributed by atoms with E-state index in [1.54, 1.807) is 18.2 Å². The van der Waals surface area contributed by atoms with Crippen molar-refractivity contribution in [2.24, 2.45) is 5.92 Å². The van der Waals surface area contributed by atoms with Crippen molar-refractivity contribution >= 4 is 5.78 Å². The van der Waals surface area contributed by atoms with Crippen molar-refractivity contribution in [2.45, 2.75) is 19.4 Å². The Bertz CT molecular complexity index is 240. The van der Waals surface area contributed by atoms with Crippen molar-refractivity contribution in [1.82, 2.24) is 0 Å². The third kappa shape index (κ3) is 1.21. The molecule has 0 heterocycles. The van der Waals surface area contributed by atoms with Crippen LogP contribution in [0.1, 0.15) is 13.8 Å². The van der Waals surface area contributed by atoms with Crippen molar-refractivity contribution in [2.75, 3.05) is 0 Å². The highest BCUT2D eigenvalue weighted by Crippen LogP contribution is 2.26. The second kappa shape index (κ2) is 3.21. The lowest BCUT2D eigenvalue weighted by Gasteiger charge is -2.29. The maximum atomic E-state index is 11.4. The molecule has 0 bridgehead atoms. The Balaban J connectivity index is 3.01. The van der Waals surface area contributed by atoms with Crippen LogP contribution in [0.3, 0.4) is 0 Å². The third-order valence-electron chi connectivity index (χ3n) is 2.10. The minimum Gasteiger partial charge on any atom is -0.291 e. The smallest absolute Gasteiger partial charge is 0.195 e. The van der Waals surface area contributed by atoms with Gasteiger partial charge in [0, 0.05) is 0 Å². The Kier molecular flexibility index (Phi) is 2.45. The zero-order chi connectivity index (χ0) is 9.19. The van der Waals surface area contributed by atoms with Gasteiger partial charge in [0.1, 0.15) is 0 Å². The van der Waals surface area contributed by atoms with Gasteiger partial charge in [0.2, 0.25) is 0 Å². The number of rotatable bonds is 2. The van der Waals surface area contributed by atoms with Crippen molar-refractivity contribution in [3.05, 3.63) is 24.3 Å². The molecule has 0 saturated heterocycles. The van der Waals surface area contributed by atoms with Gasteiger partial charge in [0.15, 0.2) is 11.4 Å². The van der Waals surface area contributed by atoms with Crippen molar-refractivity contribution in [3.8, 4) is 0 Å². The van der Waals surface area contributed by atoms with Crippen LogP contribution in [-0.4, -0.2) is 16.6 Å². The first kappa shape index (κ1) is 9.16. The molecule has 1 aliphatic carbocycles. The van der Waals surface area contributed by atoms with Gasteiger partial charge in [0.05, 0.1) is 0 Å². The fourth-order valence-corrected chi connectivity index (χ4v) is 1.21. The molecule has 1 N–H and O–H groups in total. The average molecular weight is 168 g/mol. The van der Waals surface area contributed by atoms with E-state index < -0.39 is 5.60 Å². The lowest BCUT2D eigenvalue weighted by atomic mass is 9.83. The number of hydrogen-bond acceptors (Lipinski definition) is 3. The summed E-state index contributed by atoms with van der Waals surface area (Å²) in [4.78, 5) is 15.6. The Hall–Kier alpha value is -0.930. The van der Waals surface area contributed by atoms with Gasteiger partial charge in [-0.3, -0.25) is 10.1 Å². The van der Waals surface area contributed by atoms with Crippen LogP contribution in [0.15, 0.2) is 24.3 Å². The zero-order valence-electron chi connectivity index (χ0n) is 7.15. The summed E-state index contributed by atoms with van der Waals surface area (Å²) in [5.74, 6) is -0.307. The van der Waals surface area contributed by atoms with Gasteiger partial charge in [0.25, 0.3) is 0 Å². The van der Waals surface area contributed by atoms with E-state index in [0.717, 1.165) is 0 Å². The molecule has 0 saturated carbocycles. The molecular formula is C9H12O3. The van der Waals surface area contributed by atoms with Crippen LogP contribution < -0.4 is 0 Å². The molecular weight excluding hydrogens is 156 g/mol. The minimum absolute atomic E-state index is 0.0869. The topological polar surface area (TPSA) is 46.5 Å². The van der Waals surface area contributed by atoms with Gasteiger partial charge < -0.3 is 0 Å². The number of allylic oxidation sites excluding steroid dienone is 2. The van der Waals surface area contributed by atoms with E-state index in [0.29, 0.717) is 0 Å². The molecule has 0 aliphatic heterocycles. The highest BCUT2D eigenvalue weighted by Gasteiger charge is 2.40. The van der Waals surface area contributed by atoms with E-state index in [-0.39, 0.29) is 11.7 Å². The molecule has 12 heavy (non-hydrogen) atoms. The van der Waals surface area contributed by atoms with E-state index in [4.69, 9.17) is 5.26 Å². The van der Waals surface area contributed by atoms with Crippen LogP contribution in [-0.2, 0) is 9.68 Å². The van der Waals surface area contributed by atoms with Crippen LogP contribution in [0.5, 0.6) is 0 Å². The van der Waals surface area contributed by atoms with Crippen LogP contribution in [0.4, 0.5) is 0 Å². The van der Waals surface area contributed by atoms with Gasteiger partial charge in [-0.15, -0.1) is 0 Å². The molecule has 0 radical (unpaired) electrons. The fraction of sp³-hybridized carbons (Fsp3) is 0.444. The molecule has 0 amide bonds. The monoisotopic (exact) mass is 168 g/mol. The molecule has 66 valence electrons. The summed E-state index contributed by atoms with van der Waals surface area (Å²) in [6.45, 7) is 3.63. The summed E-state index contributed by atoms with van der Waals surface area (Å²) in [6.07, 6.45) is 6.29. The van der Waals surface area contributed by atoms with Gasteiger partial charge in [-0.05, 0) is 18.1 Å². The number of ketones is 1. The Morgan fingerprint density at radius 3 is 2.50 bits per heavy atom. The lowest BCUT2D eigenvalue weighted by molar-refractivity contribution is -0.305. The summed E-state index contributed by atoms with van der Waals surface area (Å²) in [5.41, 5.74) is -1.17. The molecule has 1 rings (SSSR count). The van der Waals surface area contributed by atoms with Crippen LogP contribution >= 0.6 is 0 Å². The summed E-state index contributed by atoms with van der Waals surface area (Å²) < 4.78 is 0. The van der Waals surface area contributed by atoms with E-state index in [1.807, 2.05) is 13.8 Å². The van der Waals surface area contributed by atoms with Crippen LogP contribution in [0.2, 0.25) is 0 Å². The highest BCUT2D eigenvalue weighted by atomic mass is 17.1. The quantitative estimate of drug-likeness (QED) is 0.502. The maximum Gasteiger partial charge on any atom is 0.195 e. The second-order valence-electron chi connectivity index (χ2n) is 3.12. The van der Waals surface area contributed by atoms with E-state index in [1.165, 1.54) is 6.08 Å². The van der Waals surface area contributed by atoms with Crippen LogP contribution in [0, 0.1) is 5.92 Å². The third-order valence-corrected chi connectivity index (χ3v) is 2.10. The van der Waals surface area contributed by atoms with Gasteiger partial charge in [-0.1, -0.05) is 26.0 Å². The van der Waals surface area contributed by atoms with E-state index in [2.05, 4.69) is 4.89 Å². The predicted octanol–water partition coefficient (Wildman–Crippen LogP) is 1.57. The SMILES string of the molecule is CC(C)C1(OO)C=CC=CC1=O. The van der Waals surface area contributed by atoms with Crippen LogP contribution in [0.25, 0.3) is 0 Å².